The summed E-state index contributed by atoms with van der Waals surface area (Å²) in [5.74, 6) is 0.0317. The SMILES string of the molecule is CCn1nc(C)c(Cl)c1CC(=O)CSc1cccc(F)c1. The van der Waals surface area contributed by atoms with Gasteiger partial charge in [0.1, 0.15) is 11.6 Å². The summed E-state index contributed by atoms with van der Waals surface area (Å²) in [6.45, 7) is 4.45. The Balaban J connectivity index is 1.99. The maximum absolute atomic E-state index is 13.1. The third-order valence-corrected chi connectivity index (χ3v) is 4.56. The van der Waals surface area contributed by atoms with Crippen LogP contribution >= 0.6 is 23.4 Å². The number of nitrogens with zero attached hydrogens (tertiary/aromatic N) is 2. The Bertz CT molecular complexity index is 657. The molecule has 0 atom stereocenters. The Labute approximate surface area is 132 Å². The van der Waals surface area contributed by atoms with Gasteiger partial charge in [-0.25, -0.2) is 4.39 Å². The van der Waals surface area contributed by atoms with Crippen LogP contribution in [0.15, 0.2) is 29.2 Å². The zero-order valence-electron chi connectivity index (χ0n) is 11.9. The highest BCUT2D eigenvalue weighted by Gasteiger charge is 2.16. The smallest absolute Gasteiger partial charge is 0.149 e. The monoisotopic (exact) mass is 326 g/mol. The second-order valence-corrected chi connectivity index (χ2v) is 6.05. The first-order valence-electron chi connectivity index (χ1n) is 6.63. The largest absolute Gasteiger partial charge is 0.298 e. The summed E-state index contributed by atoms with van der Waals surface area (Å²) < 4.78 is 14.8. The molecule has 0 aliphatic carbocycles. The predicted molar refractivity (Wildman–Crippen MR) is 83.5 cm³/mol. The fourth-order valence-corrected chi connectivity index (χ4v) is 3.00. The lowest BCUT2D eigenvalue weighted by molar-refractivity contribution is -0.116. The first-order valence-corrected chi connectivity index (χ1v) is 7.99. The quantitative estimate of drug-likeness (QED) is 0.755. The number of ketones is 1. The van der Waals surface area contributed by atoms with Gasteiger partial charge in [-0.15, -0.1) is 11.8 Å². The van der Waals surface area contributed by atoms with Gasteiger partial charge in [-0.3, -0.25) is 9.48 Å². The van der Waals surface area contributed by atoms with Crippen LogP contribution in [-0.4, -0.2) is 21.3 Å². The van der Waals surface area contributed by atoms with Gasteiger partial charge in [0, 0.05) is 11.4 Å². The highest BCUT2D eigenvalue weighted by Crippen LogP contribution is 2.23. The van der Waals surface area contributed by atoms with E-state index < -0.39 is 0 Å². The minimum absolute atomic E-state index is 0.0424. The molecule has 1 aromatic carbocycles. The molecule has 21 heavy (non-hydrogen) atoms. The van der Waals surface area contributed by atoms with Crippen molar-refractivity contribution in [3.8, 4) is 0 Å². The number of halogens is 2. The Hall–Kier alpha value is -1.33. The van der Waals surface area contributed by atoms with Crippen LogP contribution in [0.1, 0.15) is 18.3 Å². The van der Waals surface area contributed by atoms with E-state index >= 15 is 0 Å². The summed E-state index contributed by atoms with van der Waals surface area (Å²) in [7, 11) is 0. The summed E-state index contributed by atoms with van der Waals surface area (Å²) in [5.41, 5.74) is 1.49. The van der Waals surface area contributed by atoms with Crippen LogP contribution in [0.25, 0.3) is 0 Å². The molecule has 0 aliphatic heterocycles. The Morgan fingerprint density at radius 1 is 1.48 bits per heavy atom. The molecule has 6 heteroatoms. The number of benzene rings is 1. The molecule has 0 bridgehead atoms. The molecule has 1 heterocycles. The van der Waals surface area contributed by atoms with Crippen LogP contribution in [0, 0.1) is 12.7 Å². The van der Waals surface area contributed by atoms with E-state index in [0.717, 1.165) is 16.3 Å². The summed E-state index contributed by atoms with van der Waals surface area (Å²) in [6, 6.07) is 6.22. The van der Waals surface area contributed by atoms with Crippen LogP contribution < -0.4 is 0 Å². The lowest BCUT2D eigenvalue weighted by Gasteiger charge is -2.05. The Kier molecular flexibility index (Phi) is 5.42. The fraction of sp³-hybridized carbons (Fsp3) is 0.333. The van der Waals surface area contributed by atoms with Crippen molar-refractivity contribution in [3.05, 3.63) is 46.5 Å². The Morgan fingerprint density at radius 2 is 2.24 bits per heavy atom. The van der Waals surface area contributed by atoms with Gasteiger partial charge in [0.25, 0.3) is 0 Å². The number of carbonyl (C=O) groups excluding carboxylic acids is 1. The van der Waals surface area contributed by atoms with E-state index in [1.165, 1.54) is 23.9 Å². The van der Waals surface area contributed by atoms with Crippen LogP contribution in [0.4, 0.5) is 4.39 Å². The molecule has 0 aliphatic rings. The number of thioether (sulfide) groups is 1. The van der Waals surface area contributed by atoms with Crippen LogP contribution in [-0.2, 0) is 17.8 Å². The zero-order valence-corrected chi connectivity index (χ0v) is 13.5. The zero-order chi connectivity index (χ0) is 15.4. The first-order chi connectivity index (χ1) is 10.0. The molecule has 112 valence electrons. The molecule has 0 saturated heterocycles. The highest BCUT2D eigenvalue weighted by atomic mass is 35.5. The molecule has 1 aromatic heterocycles. The molecule has 0 saturated carbocycles. The summed E-state index contributed by atoms with van der Waals surface area (Å²) >= 11 is 7.51. The topological polar surface area (TPSA) is 34.9 Å². The van der Waals surface area contributed by atoms with E-state index in [-0.39, 0.29) is 23.8 Å². The average molecular weight is 327 g/mol. The number of rotatable bonds is 6. The summed E-state index contributed by atoms with van der Waals surface area (Å²) in [4.78, 5) is 12.8. The molecule has 2 rings (SSSR count). The number of hydrogen-bond acceptors (Lipinski definition) is 3. The molecular weight excluding hydrogens is 311 g/mol. The molecular formula is C15H16ClFN2OS. The van der Waals surface area contributed by atoms with E-state index in [2.05, 4.69) is 5.10 Å². The van der Waals surface area contributed by atoms with Crippen LogP contribution in [0.3, 0.4) is 0 Å². The maximum Gasteiger partial charge on any atom is 0.149 e. The molecule has 0 amide bonds. The second kappa shape index (κ2) is 7.09. The lowest BCUT2D eigenvalue weighted by atomic mass is 10.2. The molecule has 0 unspecified atom stereocenters. The highest BCUT2D eigenvalue weighted by molar-refractivity contribution is 8.00. The number of hydrogen-bond donors (Lipinski definition) is 0. The third-order valence-electron chi connectivity index (χ3n) is 3.01. The predicted octanol–water partition coefficient (Wildman–Crippen LogP) is 3.91. The minimum atomic E-state index is -0.296. The van der Waals surface area contributed by atoms with E-state index in [1.54, 1.807) is 16.8 Å². The number of aryl methyl sites for hydroxylation is 2. The van der Waals surface area contributed by atoms with Crippen molar-refractivity contribution in [1.29, 1.82) is 0 Å². The molecule has 2 aromatic rings. The van der Waals surface area contributed by atoms with E-state index in [1.807, 2.05) is 13.8 Å². The first kappa shape index (κ1) is 16.0. The van der Waals surface area contributed by atoms with Crippen molar-refractivity contribution in [3.63, 3.8) is 0 Å². The molecule has 3 nitrogen and oxygen atoms in total. The van der Waals surface area contributed by atoms with Crippen molar-refractivity contribution >= 4 is 29.1 Å². The number of Topliss-reactive ketones (excluding diaryl/α,β-unsaturated/α-hetero) is 1. The molecule has 0 spiro atoms. The van der Waals surface area contributed by atoms with Crippen LogP contribution in [0.5, 0.6) is 0 Å². The summed E-state index contributed by atoms with van der Waals surface area (Å²) in [6.07, 6.45) is 0.246. The van der Waals surface area contributed by atoms with E-state index in [9.17, 15) is 9.18 Å². The van der Waals surface area contributed by atoms with Crippen molar-refractivity contribution in [2.24, 2.45) is 0 Å². The van der Waals surface area contributed by atoms with E-state index in [0.29, 0.717) is 11.6 Å². The van der Waals surface area contributed by atoms with Gasteiger partial charge in [-0.1, -0.05) is 17.7 Å². The molecule has 0 radical (unpaired) electrons. The molecule has 0 N–H and O–H groups in total. The fourth-order valence-electron chi connectivity index (χ4n) is 2.00. The second-order valence-electron chi connectivity index (χ2n) is 4.62. The normalized spacial score (nSPS) is 10.9. The van der Waals surface area contributed by atoms with Gasteiger partial charge in [0.2, 0.25) is 0 Å². The average Bonchev–Trinajstić information content (AvgIpc) is 2.73. The van der Waals surface area contributed by atoms with Gasteiger partial charge >= 0.3 is 0 Å². The number of carbonyl (C=O) groups is 1. The summed E-state index contributed by atoms with van der Waals surface area (Å²) in [5, 5.41) is 4.84. The van der Waals surface area contributed by atoms with Gasteiger partial charge in [-0.2, -0.15) is 5.10 Å². The minimum Gasteiger partial charge on any atom is -0.298 e. The number of aromatic nitrogens is 2. The van der Waals surface area contributed by atoms with Crippen molar-refractivity contribution in [2.45, 2.75) is 31.7 Å². The lowest BCUT2D eigenvalue weighted by Crippen LogP contribution is -2.11. The Morgan fingerprint density at radius 3 is 2.90 bits per heavy atom. The van der Waals surface area contributed by atoms with Gasteiger partial charge in [0.05, 0.1) is 28.6 Å². The van der Waals surface area contributed by atoms with Gasteiger partial charge < -0.3 is 0 Å². The van der Waals surface area contributed by atoms with Gasteiger partial charge in [-0.05, 0) is 32.0 Å². The van der Waals surface area contributed by atoms with Crippen LogP contribution in [0.2, 0.25) is 5.02 Å². The standard InChI is InChI=1S/C15H16ClFN2OS/c1-3-19-14(15(16)10(2)18-19)8-12(20)9-21-13-6-4-5-11(17)7-13/h4-7H,3,8-9H2,1-2H3. The van der Waals surface area contributed by atoms with Gasteiger partial charge in [0.15, 0.2) is 0 Å². The third kappa shape index (κ3) is 4.08. The van der Waals surface area contributed by atoms with E-state index in [4.69, 9.17) is 11.6 Å². The molecule has 0 fully saturated rings. The maximum atomic E-state index is 13.1. The van der Waals surface area contributed by atoms with Crippen molar-refractivity contribution in [1.82, 2.24) is 9.78 Å². The van der Waals surface area contributed by atoms with Crippen molar-refractivity contribution in [2.75, 3.05) is 5.75 Å². The van der Waals surface area contributed by atoms with Crippen molar-refractivity contribution < 1.29 is 9.18 Å².